The standard InChI is InChI=1S/C17H30BN5O2/c1-13-12-23(9-8-22(13)7-6-19)15-20-10-14(11-21-15)18-24-16(2,3)17(4,5)25-18/h10-11,13H,6-9,12,19H2,1-5H3/t13-/m0/s1. The lowest BCUT2D eigenvalue weighted by atomic mass is 9.81. The maximum absolute atomic E-state index is 6.06. The molecule has 3 rings (SSSR count). The van der Waals surface area contributed by atoms with E-state index in [9.17, 15) is 0 Å². The number of aromatic nitrogens is 2. The number of rotatable bonds is 4. The minimum Gasteiger partial charge on any atom is -0.399 e. The van der Waals surface area contributed by atoms with Crippen LogP contribution in [0.25, 0.3) is 0 Å². The maximum Gasteiger partial charge on any atom is 0.498 e. The molecular formula is C17H30BN5O2. The lowest BCUT2D eigenvalue weighted by molar-refractivity contribution is 0.00578. The lowest BCUT2D eigenvalue weighted by Crippen LogP contribution is -2.53. The minimum absolute atomic E-state index is 0.356. The number of nitrogens with zero attached hydrogens (tertiary/aromatic N) is 4. The number of anilines is 1. The highest BCUT2D eigenvalue weighted by molar-refractivity contribution is 6.61. The molecule has 25 heavy (non-hydrogen) atoms. The van der Waals surface area contributed by atoms with Crippen LogP contribution in [0.5, 0.6) is 0 Å². The molecule has 7 nitrogen and oxygen atoms in total. The van der Waals surface area contributed by atoms with E-state index in [1.54, 1.807) is 0 Å². The Labute approximate surface area is 151 Å². The van der Waals surface area contributed by atoms with Gasteiger partial charge in [0.1, 0.15) is 0 Å². The van der Waals surface area contributed by atoms with Gasteiger partial charge in [0.25, 0.3) is 0 Å². The van der Waals surface area contributed by atoms with Gasteiger partial charge in [-0.15, -0.1) is 0 Å². The van der Waals surface area contributed by atoms with Crippen LogP contribution in [-0.4, -0.2) is 72.0 Å². The normalized spacial score (nSPS) is 26.2. The van der Waals surface area contributed by atoms with Crippen LogP contribution in [0.4, 0.5) is 5.95 Å². The molecule has 0 aliphatic carbocycles. The van der Waals surface area contributed by atoms with E-state index >= 15 is 0 Å². The van der Waals surface area contributed by atoms with Gasteiger partial charge in [0.2, 0.25) is 5.95 Å². The van der Waals surface area contributed by atoms with Crippen LogP contribution >= 0.6 is 0 Å². The predicted molar refractivity (Wildman–Crippen MR) is 100 cm³/mol. The van der Waals surface area contributed by atoms with Gasteiger partial charge in [0.05, 0.1) is 11.2 Å². The summed E-state index contributed by atoms with van der Waals surface area (Å²) in [5.41, 5.74) is 5.82. The quantitative estimate of drug-likeness (QED) is 0.782. The van der Waals surface area contributed by atoms with E-state index in [-0.39, 0.29) is 11.2 Å². The fourth-order valence-electron chi connectivity index (χ4n) is 3.27. The van der Waals surface area contributed by atoms with E-state index in [0.717, 1.165) is 37.6 Å². The van der Waals surface area contributed by atoms with Crippen LogP contribution in [0.15, 0.2) is 12.4 Å². The molecule has 3 heterocycles. The second-order valence-corrected chi connectivity index (χ2v) is 8.02. The summed E-state index contributed by atoms with van der Waals surface area (Å²) >= 11 is 0. The molecule has 0 radical (unpaired) electrons. The average molecular weight is 347 g/mol. The van der Waals surface area contributed by atoms with Crippen molar-refractivity contribution in [1.29, 1.82) is 0 Å². The van der Waals surface area contributed by atoms with E-state index in [0.29, 0.717) is 12.6 Å². The molecule has 0 amide bonds. The highest BCUT2D eigenvalue weighted by Crippen LogP contribution is 2.36. The third kappa shape index (κ3) is 3.67. The van der Waals surface area contributed by atoms with E-state index in [1.165, 1.54) is 0 Å². The van der Waals surface area contributed by atoms with Crippen LogP contribution in [0.1, 0.15) is 34.6 Å². The highest BCUT2D eigenvalue weighted by atomic mass is 16.7. The van der Waals surface area contributed by atoms with Crippen molar-refractivity contribution in [2.24, 2.45) is 5.73 Å². The number of nitrogens with two attached hydrogens (primary N) is 1. The van der Waals surface area contributed by atoms with Crippen molar-refractivity contribution in [3.63, 3.8) is 0 Å². The van der Waals surface area contributed by atoms with Crippen LogP contribution in [0, 0.1) is 0 Å². The molecule has 2 aliphatic heterocycles. The smallest absolute Gasteiger partial charge is 0.399 e. The predicted octanol–water partition coefficient (Wildman–Crippen LogP) is 0.245. The first-order chi connectivity index (χ1) is 11.7. The van der Waals surface area contributed by atoms with Crippen LogP contribution in [0.3, 0.4) is 0 Å². The van der Waals surface area contributed by atoms with Gasteiger partial charge in [-0.25, -0.2) is 9.97 Å². The fraction of sp³-hybridized carbons (Fsp3) is 0.765. The molecule has 2 fully saturated rings. The number of piperazine rings is 1. The summed E-state index contributed by atoms with van der Waals surface area (Å²) in [6, 6.07) is 0.448. The van der Waals surface area contributed by atoms with E-state index < -0.39 is 7.12 Å². The van der Waals surface area contributed by atoms with Crippen LogP contribution < -0.4 is 16.1 Å². The summed E-state index contributed by atoms with van der Waals surface area (Å²) in [6.45, 7) is 14.9. The molecular weight excluding hydrogens is 317 g/mol. The van der Waals surface area contributed by atoms with Crippen molar-refractivity contribution in [2.75, 3.05) is 37.6 Å². The van der Waals surface area contributed by atoms with Gasteiger partial charge in [0.15, 0.2) is 0 Å². The first-order valence-corrected chi connectivity index (χ1v) is 9.10. The van der Waals surface area contributed by atoms with Gasteiger partial charge in [-0.2, -0.15) is 0 Å². The SMILES string of the molecule is C[C@H]1CN(c2ncc(B3OC(C)(C)C(C)(C)O3)cn2)CCN1CCN. The van der Waals surface area contributed by atoms with Crippen LogP contribution in [0.2, 0.25) is 0 Å². The van der Waals surface area contributed by atoms with Crippen LogP contribution in [-0.2, 0) is 9.31 Å². The van der Waals surface area contributed by atoms with Gasteiger partial charge in [0, 0.05) is 56.6 Å². The average Bonchev–Trinajstić information content (AvgIpc) is 2.78. The Morgan fingerprint density at radius 2 is 1.76 bits per heavy atom. The van der Waals surface area contributed by atoms with Crippen molar-refractivity contribution < 1.29 is 9.31 Å². The Balaban J connectivity index is 1.66. The molecule has 2 saturated heterocycles. The first kappa shape index (κ1) is 18.6. The Bertz CT molecular complexity index is 579. The Morgan fingerprint density at radius 1 is 1.16 bits per heavy atom. The first-order valence-electron chi connectivity index (χ1n) is 9.10. The molecule has 1 aromatic heterocycles. The van der Waals surface area contributed by atoms with E-state index in [2.05, 4.69) is 26.7 Å². The zero-order valence-electron chi connectivity index (χ0n) is 16.0. The molecule has 0 spiro atoms. The Morgan fingerprint density at radius 3 is 2.28 bits per heavy atom. The molecule has 2 N–H and O–H groups in total. The molecule has 0 bridgehead atoms. The number of hydrogen-bond acceptors (Lipinski definition) is 7. The van der Waals surface area contributed by atoms with E-state index in [1.807, 2.05) is 40.1 Å². The summed E-state index contributed by atoms with van der Waals surface area (Å²) in [6.07, 6.45) is 3.64. The van der Waals surface area contributed by atoms with E-state index in [4.69, 9.17) is 15.0 Å². The molecule has 0 aromatic carbocycles. The molecule has 2 aliphatic rings. The van der Waals surface area contributed by atoms with Gasteiger partial charge in [-0.05, 0) is 34.6 Å². The van der Waals surface area contributed by atoms with Crippen molar-refractivity contribution in [3.05, 3.63) is 12.4 Å². The molecule has 1 aromatic rings. The molecule has 0 unspecified atom stereocenters. The molecule has 1 atom stereocenters. The largest absolute Gasteiger partial charge is 0.498 e. The molecule has 138 valence electrons. The Kier molecular flexibility index (Phi) is 5.08. The fourth-order valence-corrected chi connectivity index (χ4v) is 3.27. The second kappa shape index (κ2) is 6.83. The summed E-state index contributed by atoms with van der Waals surface area (Å²) in [7, 11) is -0.417. The second-order valence-electron chi connectivity index (χ2n) is 8.02. The zero-order chi connectivity index (χ0) is 18.2. The third-order valence-corrected chi connectivity index (χ3v) is 5.65. The molecule has 8 heteroatoms. The van der Waals surface area contributed by atoms with Crippen molar-refractivity contribution >= 4 is 18.5 Å². The van der Waals surface area contributed by atoms with Gasteiger partial charge in [-0.1, -0.05) is 0 Å². The van der Waals surface area contributed by atoms with Gasteiger partial charge in [-0.3, -0.25) is 4.90 Å². The van der Waals surface area contributed by atoms with Gasteiger partial charge < -0.3 is 19.9 Å². The maximum atomic E-state index is 6.06. The zero-order valence-corrected chi connectivity index (χ0v) is 16.0. The summed E-state index contributed by atoms with van der Waals surface area (Å²) < 4.78 is 12.1. The van der Waals surface area contributed by atoms with Crippen molar-refractivity contribution in [2.45, 2.75) is 51.9 Å². The van der Waals surface area contributed by atoms with Crippen molar-refractivity contribution in [1.82, 2.24) is 14.9 Å². The summed E-state index contributed by atoms with van der Waals surface area (Å²) in [4.78, 5) is 13.8. The van der Waals surface area contributed by atoms with Crippen molar-refractivity contribution in [3.8, 4) is 0 Å². The lowest BCUT2D eigenvalue weighted by Gasteiger charge is -2.39. The topological polar surface area (TPSA) is 76.7 Å². The minimum atomic E-state index is -0.417. The Hall–Kier alpha value is -1.22. The van der Waals surface area contributed by atoms with Gasteiger partial charge >= 0.3 is 7.12 Å². The third-order valence-electron chi connectivity index (χ3n) is 5.65. The summed E-state index contributed by atoms with van der Waals surface area (Å²) in [5.74, 6) is 0.763. The summed E-state index contributed by atoms with van der Waals surface area (Å²) in [5, 5.41) is 0. The highest BCUT2D eigenvalue weighted by Gasteiger charge is 2.52. The monoisotopic (exact) mass is 347 g/mol. The molecule has 0 saturated carbocycles. The number of hydrogen-bond donors (Lipinski definition) is 1.